The minimum absolute atomic E-state index is 0.103. The maximum Gasteiger partial charge on any atom is 0.124 e. The molecule has 1 aromatic carbocycles. The van der Waals surface area contributed by atoms with Crippen LogP contribution in [0, 0.1) is 0 Å². The summed E-state index contributed by atoms with van der Waals surface area (Å²) in [5.41, 5.74) is 2.50. The number of rotatable bonds is 5. The Morgan fingerprint density at radius 3 is 2.89 bits per heavy atom. The number of nitrogens with one attached hydrogen (secondary N) is 1. The van der Waals surface area contributed by atoms with Gasteiger partial charge >= 0.3 is 0 Å². The molecule has 1 N–H and O–H groups in total. The molecule has 3 heteroatoms. The molecule has 0 radical (unpaired) electrons. The predicted octanol–water partition coefficient (Wildman–Crippen LogP) is 3.09. The summed E-state index contributed by atoms with van der Waals surface area (Å²) in [4.78, 5) is 0. The molecule has 1 aromatic rings. The molecule has 0 bridgehead atoms. The number of benzene rings is 1. The molecule has 0 aromatic heterocycles. The van der Waals surface area contributed by atoms with Gasteiger partial charge in [0, 0.05) is 25.1 Å². The van der Waals surface area contributed by atoms with Crippen LogP contribution in [-0.4, -0.2) is 25.9 Å². The van der Waals surface area contributed by atoms with E-state index in [0.717, 1.165) is 31.7 Å². The predicted molar refractivity (Wildman–Crippen MR) is 77.8 cm³/mol. The van der Waals surface area contributed by atoms with Crippen LogP contribution in [0.3, 0.4) is 0 Å². The van der Waals surface area contributed by atoms with E-state index in [1.807, 2.05) is 0 Å². The third-order valence-corrected chi connectivity index (χ3v) is 3.58. The fraction of sp³-hybridized carbons (Fsp3) is 0.625. The topological polar surface area (TPSA) is 30.5 Å². The van der Waals surface area contributed by atoms with Crippen molar-refractivity contribution < 1.29 is 9.47 Å². The van der Waals surface area contributed by atoms with Gasteiger partial charge in [-0.05, 0) is 38.4 Å². The van der Waals surface area contributed by atoms with Gasteiger partial charge in [-0.15, -0.1) is 0 Å². The lowest BCUT2D eigenvalue weighted by molar-refractivity contribution is 0.0663. The fourth-order valence-electron chi connectivity index (χ4n) is 2.71. The Morgan fingerprint density at radius 2 is 2.21 bits per heavy atom. The molecule has 0 saturated carbocycles. The summed E-state index contributed by atoms with van der Waals surface area (Å²) in [7, 11) is 1.74. The van der Waals surface area contributed by atoms with E-state index in [2.05, 4.69) is 44.3 Å². The number of fused-ring (bicyclic) bond motifs is 1. The average Bonchev–Trinajstić information content (AvgIpc) is 2.36. The van der Waals surface area contributed by atoms with Crippen molar-refractivity contribution in [2.45, 2.75) is 45.3 Å². The summed E-state index contributed by atoms with van der Waals surface area (Å²) in [5.74, 6) is 1.02. The lowest BCUT2D eigenvalue weighted by atomic mass is 9.88. The van der Waals surface area contributed by atoms with E-state index in [9.17, 15) is 0 Å². The van der Waals surface area contributed by atoms with Gasteiger partial charge in [0.1, 0.15) is 11.4 Å². The van der Waals surface area contributed by atoms with Gasteiger partial charge in [-0.2, -0.15) is 0 Å². The molecule has 0 amide bonds. The van der Waals surface area contributed by atoms with E-state index < -0.39 is 0 Å². The number of hydrogen-bond donors (Lipinski definition) is 1. The first kappa shape index (κ1) is 14.4. The molecule has 106 valence electrons. The largest absolute Gasteiger partial charge is 0.487 e. The van der Waals surface area contributed by atoms with Gasteiger partial charge in [-0.3, -0.25) is 0 Å². The molecule has 1 atom stereocenters. The van der Waals surface area contributed by atoms with Crippen LogP contribution < -0.4 is 10.1 Å². The van der Waals surface area contributed by atoms with Gasteiger partial charge in [-0.25, -0.2) is 0 Å². The van der Waals surface area contributed by atoms with Gasteiger partial charge in [0.05, 0.1) is 6.61 Å². The Bertz CT molecular complexity index is 429. The molecule has 0 spiro atoms. The van der Waals surface area contributed by atoms with E-state index in [4.69, 9.17) is 9.47 Å². The number of methoxy groups -OCH3 is 1. The van der Waals surface area contributed by atoms with E-state index in [0.29, 0.717) is 6.04 Å². The molecule has 3 nitrogen and oxygen atoms in total. The fourth-order valence-corrected chi connectivity index (χ4v) is 2.71. The quantitative estimate of drug-likeness (QED) is 0.885. The minimum Gasteiger partial charge on any atom is -0.487 e. The van der Waals surface area contributed by atoms with Crippen molar-refractivity contribution in [3.8, 4) is 5.75 Å². The van der Waals surface area contributed by atoms with Crippen LogP contribution in [0.2, 0.25) is 0 Å². The van der Waals surface area contributed by atoms with Crippen molar-refractivity contribution in [2.24, 2.45) is 0 Å². The lowest BCUT2D eigenvalue weighted by Crippen LogP contribution is -2.39. The van der Waals surface area contributed by atoms with Crippen LogP contribution in [0.25, 0.3) is 0 Å². The summed E-state index contributed by atoms with van der Waals surface area (Å²) < 4.78 is 11.2. The van der Waals surface area contributed by atoms with Crippen LogP contribution in [0.5, 0.6) is 5.75 Å². The molecule has 1 aliphatic rings. The van der Waals surface area contributed by atoms with Crippen molar-refractivity contribution in [3.05, 3.63) is 29.3 Å². The van der Waals surface area contributed by atoms with Crippen molar-refractivity contribution in [2.75, 3.05) is 20.3 Å². The molecule has 2 rings (SSSR count). The second-order valence-electron chi connectivity index (χ2n) is 5.79. The minimum atomic E-state index is -0.103. The van der Waals surface area contributed by atoms with Crippen LogP contribution >= 0.6 is 0 Å². The zero-order chi connectivity index (χ0) is 13.9. The van der Waals surface area contributed by atoms with Crippen LogP contribution in [0.15, 0.2) is 18.2 Å². The van der Waals surface area contributed by atoms with E-state index in [1.54, 1.807) is 7.11 Å². The number of hydrogen-bond acceptors (Lipinski definition) is 3. The van der Waals surface area contributed by atoms with E-state index in [1.165, 1.54) is 11.1 Å². The molecular weight excluding hydrogens is 238 g/mol. The molecule has 0 saturated heterocycles. The van der Waals surface area contributed by atoms with Crippen LogP contribution in [-0.2, 0) is 11.2 Å². The Balaban J connectivity index is 2.27. The maximum absolute atomic E-state index is 6.08. The third kappa shape index (κ3) is 3.48. The maximum atomic E-state index is 6.08. The summed E-state index contributed by atoms with van der Waals surface area (Å²) in [6.45, 7) is 8.19. The summed E-state index contributed by atoms with van der Waals surface area (Å²) in [5, 5.41) is 3.57. The first-order chi connectivity index (χ1) is 9.05. The Hall–Kier alpha value is -1.06. The van der Waals surface area contributed by atoms with Crippen LogP contribution in [0.1, 0.15) is 44.4 Å². The Morgan fingerprint density at radius 1 is 1.42 bits per heavy atom. The first-order valence-electron chi connectivity index (χ1n) is 7.10. The highest BCUT2D eigenvalue weighted by molar-refractivity contribution is 5.42. The standard InChI is InChI=1S/C16H25NO2/c1-5-17-14-11-16(2,3)19-15-7-6-12(8-9-18-4)10-13(14)15/h6-7,10,14,17H,5,8-9,11H2,1-4H3. The van der Waals surface area contributed by atoms with Crippen molar-refractivity contribution >= 4 is 0 Å². The highest BCUT2D eigenvalue weighted by Gasteiger charge is 2.33. The lowest BCUT2D eigenvalue weighted by Gasteiger charge is -2.38. The summed E-state index contributed by atoms with van der Waals surface area (Å²) in [6, 6.07) is 6.89. The van der Waals surface area contributed by atoms with E-state index >= 15 is 0 Å². The molecule has 19 heavy (non-hydrogen) atoms. The van der Waals surface area contributed by atoms with Crippen molar-refractivity contribution in [1.29, 1.82) is 0 Å². The molecular formula is C16H25NO2. The molecule has 1 aliphatic heterocycles. The zero-order valence-corrected chi connectivity index (χ0v) is 12.5. The second-order valence-corrected chi connectivity index (χ2v) is 5.79. The first-order valence-corrected chi connectivity index (χ1v) is 7.10. The Kier molecular flexibility index (Phi) is 4.48. The van der Waals surface area contributed by atoms with Gasteiger partial charge in [0.2, 0.25) is 0 Å². The van der Waals surface area contributed by atoms with Gasteiger partial charge < -0.3 is 14.8 Å². The van der Waals surface area contributed by atoms with Crippen molar-refractivity contribution in [1.82, 2.24) is 5.32 Å². The zero-order valence-electron chi connectivity index (χ0n) is 12.5. The van der Waals surface area contributed by atoms with Gasteiger partial charge in [-0.1, -0.05) is 19.1 Å². The highest BCUT2D eigenvalue weighted by atomic mass is 16.5. The molecule has 1 unspecified atom stereocenters. The second kappa shape index (κ2) is 5.93. The summed E-state index contributed by atoms with van der Waals surface area (Å²) in [6.07, 6.45) is 1.95. The SMILES string of the molecule is CCNC1CC(C)(C)Oc2ccc(CCOC)cc21. The van der Waals surface area contributed by atoms with Gasteiger partial charge in [0.15, 0.2) is 0 Å². The summed E-state index contributed by atoms with van der Waals surface area (Å²) >= 11 is 0. The molecule has 0 fully saturated rings. The smallest absolute Gasteiger partial charge is 0.124 e. The normalized spacial score (nSPS) is 20.7. The third-order valence-electron chi connectivity index (χ3n) is 3.58. The van der Waals surface area contributed by atoms with Gasteiger partial charge in [0.25, 0.3) is 0 Å². The number of ether oxygens (including phenoxy) is 2. The van der Waals surface area contributed by atoms with Crippen molar-refractivity contribution in [3.63, 3.8) is 0 Å². The molecule has 0 aliphatic carbocycles. The average molecular weight is 263 g/mol. The molecule has 1 heterocycles. The monoisotopic (exact) mass is 263 g/mol. The highest BCUT2D eigenvalue weighted by Crippen LogP contribution is 2.39. The van der Waals surface area contributed by atoms with E-state index in [-0.39, 0.29) is 5.60 Å². The Labute approximate surface area is 116 Å². The van der Waals surface area contributed by atoms with Crippen LogP contribution in [0.4, 0.5) is 0 Å².